The third kappa shape index (κ3) is 10.6. The Morgan fingerprint density at radius 2 is 1.64 bits per heavy atom. The summed E-state index contributed by atoms with van der Waals surface area (Å²) in [4.78, 5) is 12.4. The summed E-state index contributed by atoms with van der Waals surface area (Å²) >= 11 is 0. The molecule has 1 atom stereocenters. The monoisotopic (exact) mass is 490 g/mol. The zero-order chi connectivity index (χ0) is 25.1. The van der Waals surface area contributed by atoms with Crippen LogP contribution in [0.15, 0.2) is 18.2 Å². The first-order valence-electron chi connectivity index (χ1n) is 11.2. The molecule has 1 aromatic carbocycles. The summed E-state index contributed by atoms with van der Waals surface area (Å²) in [6.45, 7) is 3.31. The van der Waals surface area contributed by atoms with Gasteiger partial charge in [-0.25, -0.2) is 8.42 Å². The first kappa shape index (κ1) is 28.9. The van der Waals surface area contributed by atoms with Crippen molar-refractivity contribution in [2.45, 2.75) is 83.4 Å². The molecule has 0 saturated carbocycles. The highest BCUT2D eigenvalue weighted by Gasteiger charge is 2.35. The molecule has 0 fully saturated rings. The molecule has 1 aromatic rings. The Morgan fingerprint density at radius 1 is 1.06 bits per heavy atom. The number of anilines is 1. The van der Waals surface area contributed by atoms with Gasteiger partial charge in [-0.15, -0.1) is 0 Å². The number of amides is 1. The summed E-state index contributed by atoms with van der Waals surface area (Å²) in [6.07, 6.45) is 1.18. The Hall–Kier alpha value is -2.12. The van der Waals surface area contributed by atoms with Crippen LogP contribution in [0.25, 0.3) is 0 Å². The van der Waals surface area contributed by atoms with Crippen molar-refractivity contribution >= 4 is 21.4 Å². The van der Waals surface area contributed by atoms with Crippen LogP contribution in [0.3, 0.4) is 0 Å². The van der Waals surface area contributed by atoms with Crippen molar-refractivity contribution in [3.63, 3.8) is 0 Å². The molecule has 0 aliphatic heterocycles. The molecule has 1 amide bonds. The number of sulfone groups is 1. The Balaban J connectivity index is 2.44. The van der Waals surface area contributed by atoms with Gasteiger partial charge in [0.15, 0.2) is 0 Å². The standard InChI is InChI=1S/C23H33F3N2O4S/c1-3-4-9-14-33(31,32)15-10-7-5-6-8-13-22(2,30)21(29)28-19-12-11-18(17-27)20(16-19)23(24,25)26/h11-12,16,30H,3-10,13-15H2,1-2H3,(H,28,29)/t22-/m0/s1. The van der Waals surface area contributed by atoms with E-state index in [0.717, 1.165) is 31.7 Å². The summed E-state index contributed by atoms with van der Waals surface area (Å²) in [6, 6.07) is 4.28. The lowest BCUT2D eigenvalue weighted by Gasteiger charge is -2.22. The lowest BCUT2D eigenvalue weighted by molar-refractivity contribution is -0.138. The summed E-state index contributed by atoms with van der Waals surface area (Å²) in [7, 11) is -3.01. The molecule has 2 N–H and O–H groups in total. The Bertz CT molecular complexity index is 923. The minimum Gasteiger partial charge on any atom is -0.380 e. The molecule has 0 saturated heterocycles. The largest absolute Gasteiger partial charge is 0.417 e. The fraction of sp³-hybridized carbons (Fsp3) is 0.652. The lowest BCUT2D eigenvalue weighted by atomic mass is 9.96. The zero-order valence-corrected chi connectivity index (χ0v) is 20.0. The van der Waals surface area contributed by atoms with Crippen LogP contribution in [0.5, 0.6) is 0 Å². The number of carbonyl (C=O) groups excluding carboxylic acids is 1. The summed E-state index contributed by atoms with van der Waals surface area (Å²) in [5, 5.41) is 21.5. The number of carbonyl (C=O) groups is 1. The topological polar surface area (TPSA) is 107 Å². The number of alkyl halides is 3. The smallest absolute Gasteiger partial charge is 0.380 e. The average Bonchev–Trinajstić information content (AvgIpc) is 2.72. The van der Waals surface area contributed by atoms with Crippen molar-refractivity contribution < 1.29 is 31.5 Å². The minimum absolute atomic E-state index is 0.108. The number of hydrogen-bond acceptors (Lipinski definition) is 5. The van der Waals surface area contributed by atoms with E-state index in [2.05, 4.69) is 5.32 Å². The number of aliphatic hydroxyl groups is 1. The third-order valence-corrected chi connectivity index (χ3v) is 7.19. The molecule has 0 bridgehead atoms. The van der Waals surface area contributed by atoms with E-state index in [1.165, 1.54) is 19.1 Å². The fourth-order valence-electron chi connectivity index (χ4n) is 3.33. The Morgan fingerprint density at radius 3 is 2.21 bits per heavy atom. The maximum Gasteiger partial charge on any atom is 0.417 e. The van der Waals surface area contributed by atoms with Gasteiger partial charge in [0.05, 0.1) is 28.7 Å². The van der Waals surface area contributed by atoms with E-state index < -0.39 is 38.6 Å². The van der Waals surface area contributed by atoms with Gasteiger partial charge in [-0.2, -0.15) is 18.4 Å². The third-order valence-electron chi connectivity index (χ3n) is 5.37. The molecule has 0 aliphatic carbocycles. The van der Waals surface area contributed by atoms with Gasteiger partial charge in [0.25, 0.3) is 5.91 Å². The molecule has 0 aliphatic rings. The van der Waals surface area contributed by atoms with Gasteiger partial charge in [0.1, 0.15) is 15.4 Å². The number of nitriles is 1. The summed E-state index contributed by atoms with van der Waals surface area (Å²) in [5.41, 5.74) is -3.66. The van der Waals surface area contributed by atoms with Crippen molar-refractivity contribution in [2.24, 2.45) is 0 Å². The van der Waals surface area contributed by atoms with Crippen LogP contribution in [0.2, 0.25) is 0 Å². The van der Waals surface area contributed by atoms with Gasteiger partial charge in [-0.1, -0.05) is 45.4 Å². The van der Waals surface area contributed by atoms with E-state index in [0.29, 0.717) is 31.7 Å². The highest BCUT2D eigenvalue weighted by molar-refractivity contribution is 7.91. The predicted octanol–water partition coefficient (Wildman–Crippen LogP) is 5.21. The number of unbranched alkanes of at least 4 members (excludes halogenated alkanes) is 6. The second-order valence-electron chi connectivity index (χ2n) is 8.47. The zero-order valence-electron chi connectivity index (χ0n) is 19.2. The van der Waals surface area contributed by atoms with E-state index in [-0.39, 0.29) is 23.6 Å². The number of halogens is 3. The number of benzene rings is 1. The van der Waals surface area contributed by atoms with Crippen molar-refractivity contribution in [1.29, 1.82) is 5.26 Å². The highest BCUT2D eigenvalue weighted by Crippen LogP contribution is 2.33. The first-order chi connectivity index (χ1) is 15.3. The fourth-order valence-corrected chi connectivity index (χ4v) is 4.82. The molecule has 0 spiro atoms. The second-order valence-corrected chi connectivity index (χ2v) is 10.8. The van der Waals surface area contributed by atoms with Gasteiger partial charge >= 0.3 is 6.18 Å². The van der Waals surface area contributed by atoms with Gasteiger partial charge in [-0.05, 0) is 44.4 Å². The van der Waals surface area contributed by atoms with Crippen LogP contribution in [0.1, 0.15) is 82.8 Å². The van der Waals surface area contributed by atoms with Gasteiger partial charge in [0.2, 0.25) is 0 Å². The van der Waals surface area contributed by atoms with E-state index in [4.69, 9.17) is 5.26 Å². The first-order valence-corrected chi connectivity index (χ1v) is 13.0. The molecular weight excluding hydrogens is 457 g/mol. The SMILES string of the molecule is CCCCCS(=O)(=O)CCCCCCC[C@](C)(O)C(=O)Nc1ccc(C#N)c(C(F)(F)F)c1. The van der Waals surface area contributed by atoms with Gasteiger partial charge in [0, 0.05) is 5.69 Å². The van der Waals surface area contributed by atoms with Gasteiger partial charge < -0.3 is 10.4 Å². The lowest BCUT2D eigenvalue weighted by Crippen LogP contribution is -2.40. The number of hydrogen-bond donors (Lipinski definition) is 2. The number of rotatable bonds is 14. The van der Waals surface area contributed by atoms with Crippen LogP contribution in [0, 0.1) is 11.3 Å². The van der Waals surface area contributed by atoms with Crippen LogP contribution in [0.4, 0.5) is 18.9 Å². The Kier molecular flexibility index (Phi) is 11.3. The van der Waals surface area contributed by atoms with Crippen molar-refractivity contribution in [3.05, 3.63) is 29.3 Å². The second kappa shape index (κ2) is 12.9. The molecule has 0 radical (unpaired) electrons. The van der Waals surface area contributed by atoms with Crippen molar-refractivity contribution in [3.8, 4) is 6.07 Å². The number of nitrogens with zero attached hydrogens (tertiary/aromatic N) is 1. The molecule has 0 unspecified atom stereocenters. The molecule has 33 heavy (non-hydrogen) atoms. The Labute approximate surface area is 194 Å². The van der Waals surface area contributed by atoms with E-state index in [1.807, 2.05) is 6.92 Å². The average molecular weight is 491 g/mol. The van der Waals surface area contributed by atoms with Gasteiger partial charge in [-0.3, -0.25) is 4.79 Å². The summed E-state index contributed by atoms with van der Waals surface area (Å²) in [5.74, 6) is -0.442. The van der Waals surface area contributed by atoms with Crippen LogP contribution >= 0.6 is 0 Å². The molecule has 0 heterocycles. The van der Waals surface area contributed by atoms with E-state index in [1.54, 1.807) is 0 Å². The highest BCUT2D eigenvalue weighted by atomic mass is 32.2. The molecule has 186 valence electrons. The summed E-state index contributed by atoms with van der Waals surface area (Å²) < 4.78 is 63.0. The van der Waals surface area contributed by atoms with Crippen LogP contribution < -0.4 is 5.32 Å². The van der Waals surface area contributed by atoms with E-state index in [9.17, 15) is 31.5 Å². The maximum atomic E-state index is 13.1. The minimum atomic E-state index is -4.75. The molecule has 0 aromatic heterocycles. The van der Waals surface area contributed by atoms with Crippen LogP contribution in [-0.4, -0.2) is 36.5 Å². The van der Waals surface area contributed by atoms with E-state index >= 15 is 0 Å². The molecule has 10 heteroatoms. The quantitative estimate of drug-likeness (QED) is 0.348. The predicted molar refractivity (Wildman–Crippen MR) is 121 cm³/mol. The normalized spacial score (nSPS) is 13.8. The molecular formula is C23H33F3N2O4S. The molecule has 1 rings (SSSR count). The maximum absolute atomic E-state index is 13.1. The number of nitrogens with one attached hydrogen (secondary N) is 1. The van der Waals surface area contributed by atoms with Crippen LogP contribution in [-0.2, 0) is 20.8 Å². The van der Waals surface area contributed by atoms with Crippen molar-refractivity contribution in [2.75, 3.05) is 16.8 Å². The molecule has 6 nitrogen and oxygen atoms in total. The van der Waals surface area contributed by atoms with Crippen molar-refractivity contribution in [1.82, 2.24) is 0 Å².